The molecule has 0 unspecified atom stereocenters. The Bertz CT molecular complexity index is 1180. The summed E-state index contributed by atoms with van der Waals surface area (Å²) in [6.45, 7) is 2.11. The molecule has 5 nitrogen and oxygen atoms in total. The highest BCUT2D eigenvalue weighted by Gasteiger charge is 2.14. The second kappa shape index (κ2) is 7.17. The molecule has 1 N–H and O–H groups in total. The van der Waals surface area contributed by atoms with Crippen molar-refractivity contribution in [1.29, 1.82) is 0 Å². The maximum Gasteiger partial charge on any atom is 0.293 e. The van der Waals surface area contributed by atoms with Gasteiger partial charge in [0.1, 0.15) is 5.58 Å². The number of hydrogen-bond acceptors (Lipinski definition) is 5. The van der Waals surface area contributed by atoms with Crippen molar-refractivity contribution in [3.05, 3.63) is 81.5 Å². The molecule has 0 aliphatic carbocycles. The van der Waals surface area contributed by atoms with Gasteiger partial charge in [-0.25, -0.2) is 4.98 Å². The standard InChI is InChI=1S/C21H16N2O3S/c1-2-13-7-9-14(10-8-13)16-12-27-21(22-16)23-20(25)19-11-17(24)15-5-3-4-6-18(15)26-19/h3-12H,2H2,1H3,(H,22,23,25). The smallest absolute Gasteiger partial charge is 0.293 e. The fourth-order valence-electron chi connectivity index (χ4n) is 2.75. The van der Waals surface area contributed by atoms with Crippen LogP contribution >= 0.6 is 11.3 Å². The summed E-state index contributed by atoms with van der Waals surface area (Å²) >= 11 is 1.32. The van der Waals surface area contributed by atoms with E-state index in [-0.39, 0.29) is 11.2 Å². The lowest BCUT2D eigenvalue weighted by Gasteiger charge is -2.03. The molecule has 27 heavy (non-hydrogen) atoms. The lowest BCUT2D eigenvalue weighted by Crippen LogP contribution is -2.14. The number of rotatable bonds is 4. The molecule has 6 heteroatoms. The summed E-state index contributed by atoms with van der Waals surface area (Å²) in [6.07, 6.45) is 0.982. The zero-order chi connectivity index (χ0) is 18.8. The number of anilines is 1. The van der Waals surface area contributed by atoms with Gasteiger partial charge in [-0.05, 0) is 24.1 Å². The topological polar surface area (TPSA) is 72.2 Å². The van der Waals surface area contributed by atoms with Crippen LogP contribution in [0.15, 0.2) is 69.2 Å². The first-order valence-corrected chi connectivity index (χ1v) is 9.41. The average molecular weight is 376 g/mol. The molecule has 2 aromatic heterocycles. The van der Waals surface area contributed by atoms with Gasteiger partial charge in [0, 0.05) is 17.0 Å². The van der Waals surface area contributed by atoms with Crippen LogP contribution in [0.2, 0.25) is 0 Å². The first-order chi connectivity index (χ1) is 13.1. The van der Waals surface area contributed by atoms with Crippen LogP contribution in [0.5, 0.6) is 0 Å². The Morgan fingerprint density at radius 1 is 1.15 bits per heavy atom. The van der Waals surface area contributed by atoms with Crippen molar-refractivity contribution in [2.24, 2.45) is 0 Å². The molecule has 134 valence electrons. The molecule has 0 spiro atoms. The normalized spacial score (nSPS) is 10.9. The van der Waals surface area contributed by atoms with Crippen molar-refractivity contribution >= 4 is 33.3 Å². The predicted molar refractivity (Wildman–Crippen MR) is 107 cm³/mol. The maximum atomic E-state index is 12.5. The number of hydrogen-bond donors (Lipinski definition) is 1. The number of aryl methyl sites for hydroxylation is 1. The highest BCUT2D eigenvalue weighted by Crippen LogP contribution is 2.25. The highest BCUT2D eigenvalue weighted by molar-refractivity contribution is 7.14. The Labute approximate surface area is 159 Å². The van der Waals surface area contributed by atoms with Gasteiger partial charge in [-0.15, -0.1) is 11.3 Å². The number of para-hydroxylation sites is 1. The van der Waals surface area contributed by atoms with Crippen LogP contribution < -0.4 is 10.7 Å². The lowest BCUT2D eigenvalue weighted by molar-refractivity contribution is 0.0997. The SMILES string of the molecule is CCc1ccc(-c2csc(NC(=O)c3cc(=O)c4ccccc4o3)n2)cc1. The summed E-state index contributed by atoms with van der Waals surface area (Å²) in [5, 5.41) is 5.48. The summed E-state index contributed by atoms with van der Waals surface area (Å²) in [7, 11) is 0. The molecule has 0 atom stereocenters. The van der Waals surface area contributed by atoms with E-state index in [0.29, 0.717) is 16.1 Å². The van der Waals surface area contributed by atoms with E-state index in [1.807, 2.05) is 17.5 Å². The molecule has 4 rings (SSSR count). The third kappa shape index (κ3) is 3.52. The van der Waals surface area contributed by atoms with E-state index in [1.54, 1.807) is 24.3 Å². The van der Waals surface area contributed by atoms with Gasteiger partial charge in [-0.1, -0.05) is 43.3 Å². The molecule has 4 aromatic rings. The first-order valence-electron chi connectivity index (χ1n) is 8.53. The second-order valence-corrected chi connectivity index (χ2v) is 6.87. The fourth-order valence-corrected chi connectivity index (χ4v) is 3.46. The molecule has 2 aromatic carbocycles. The third-order valence-electron chi connectivity index (χ3n) is 4.24. The molecular formula is C21H16N2O3S. The molecule has 0 bridgehead atoms. The second-order valence-electron chi connectivity index (χ2n) is 6.01. The first kappa shape index (κ1) is 17.2. The molecule has 2 heterocycles. The Morgan fingerprint density at radius 2 is 1.93 bits per heavy atom. The van der Waals surface area contributed by atoms with E-state index in [0.717, 1.165) is 17.7 Å². The molecular weight excluding hydrogens is 360 g/mol. The van der Waals surface area contributed by atoms with Crippen LogP contribution in [0.1, 0.15) is 23.0 Å². The summed E-state index contributed by atoms with van der Waals surface area (Å²) in [4.78, 5) is 29.1. The fraction of sp³-hybridized carbons (Fsp3) is 0.0952. The van der Waals surface area contributed by atoms with E-state index in [4.69, 9.17) is 4.42 Å². The minimum Gasteiger partial charge on any atom is -0.451 e. The predicted octanol–water partition coefficient (Wildman–Crippen LogP) is 4.73. The van der Waals surface area contributed by atoms with Crippen LogP contribution in [-0.2, 0) is 6.42 Å². The minimum absolute atomic E-state index is 0.0391. The summed E-state index contributed by atoms with van der Waals surface area (Å²) in [5.74, 6) is -0.539. The van der Waals surface area contributed by atoms with Crippen LogP contribution in [0, 0.1) is 0 Å². The van der Waals surface area contributed by atoms with Gasteiger partial charge in [0.05, 0.1) is 11.1 Å². The van der Waals surface area contributed by atoms with Crippen molar-refractivity contribution in [3.63, 3.8) is 0 Å². The van der Waals surface area contributed by atoms with Gasteiger partial charge in [0.25, 0.3) is 5.91 Å². The third-order valence-corrected chi connectivity index (χ3v) is 5.00. The van der Waals surface area contributed by atoms with Crippen molar-refractivity contribution in [1.82, 2.24) is 4.98 Å². The molecule has 0 radical (unpaired) electrons. The van der Waals surface area contributed by atoms with Crippen LogP contribution in [0.25, 0.3) is 22.2 Å². The number of amides is 1. The Hall–Kier alpha value is -3.25. The number of carbonyl (C=O) groups is 1. The average Bonchev–Trinajstić information content (AvgIpc) is 3.16. The van der Waals surface area contributed by atoms with Gasteiger partial charge in [0.2, 0.25) is 0 Å². The monoisotopic (exact) mass is 376 g/mol. The number of carbonyl (C=O) groups excluding carboxylic acids is 1. The summed E-state index contributed by atoms with van der Waals surface area (Å²) in [5.41, 5.74) is 3.16. The number of thiazole rings is 1. The van der Waals surface area contributed by atoms with Crippen molar-refractivity contribution in [2.45, 2.75) is 13.3 Å². The van der Waals surface area contributed by atoms with E-state index >= 15 is 0 Å². The Balaban J connectivity index is 1.56. The molecule has 0 saturated heterocycles. The minimum atomic E-state index is -0.500. The van der Waals surface area contributed by atoms with Crippen LogP contribution in [-0.4, -0.2) is 10.9 Å². The molecule has 1 amide bonds. The van der Waals surface area contributed by atoms with Gasteiger partial charge in [-0.2, -0.15) is 0 Å². The zero-order valence-electron chi connectivity index (χ0n) is 14.6. The number of nitrogens with zero attached hydrogens (tertiary/aromatic N) is 1. The number of fused-ring (bicyclic) bond motifs is 1. The number of nitrogens with one attached hydrogen (secondary N) is 1. The van der Waals surface area contributed by atoms with Gasteiger partial charge in [0.15, 0.2) is 16.3 Å². The largest absolute Gasteiger partial charge is 0.451 e. The van der Waals surface area contributed by atoms with E-state index in [1.165, 1.54) is 23.0 Å². The maximum absolute atomic E-state index is 12.5. The molecule has 0 saturated carbocycles. The summed E-state index contributed by atoms with van der Waals surface area (Å²) in [6, 6.07) is 16.2. The quantitative estimate of drug-likeness (QED) is 0.559. The molecule has 0 aliphatic heterocycles. The summed E-state index contributed by atoms with van der Waals surface area (Å²) < 4.78 is 5.56. The molecule has 0 fully saturated rings. The Morgan fingerprint density at radius 3 is 2.70 bits per heavy atom. The van der Waals surface area contributed by atoms with Crippen LogP contribution in [0.4, 0.5) is 5.13 Å². The van der Waals surface area contributed by atoms with Crippen molar-refractivity contribution < 1.29 is 9.21 Å². The highest BCUT2D eigenvalue weighted by atomic mass is 32.1. The van der Waals surface area contributed by atoms with E-state index in [2.05, 4.69) is 29.4 Å². The van der Waals surface area contributed by atoms with E-state index in [9.17, 15) is 9.59 Å². The zero-order valence-corrected chi connectivity index (χ0v) is 15.4. The molecule has 0 aliphatic rings. The van der Waals surface area contributed by atoms with Gasteiger partial charge in [-0.3, -0.25) is 14.9 Å². The van der Waals surface area contributed by atoms with Crippen LogP contribution in [0.3, 0.4) is 0 Å². The van der Waals surface area contributed by atoms with Gasteiger partial charge < -0.3 is 4.42 Å². The number of aromatic nitrogens is 1. The van der Waals surface area contributed by atoms with E-state index < -0.39 is 5.91 Å². The lowest BCUT2D eigenvalue weighted by atomic mass is 10.1. The Kier molecular flexibility index (Phi) is 4.56. The number of benzene rings is 2. The van der Waals surface area contributed by atoms with Crippen molar-refractivity contribution in [3.8, 4) is 11.3 Å². The van der Waals surface area contributed by atoms with Crippen molar-refractivity contribution in [2.75, 3.05) is 5.32 Å². The van der Waals surface area contributed by atoms with Gasteiger partial charge >= 0.3 is 0 Å².